The summed E-state index contributed by atoms with van der Waals surface area (Å²) in [5, 5.41) is 2.51. The van der Waals surface area contributed by atoms with Crippen molar-refractivity contribution in [2.75, 3.05) is 44.9 Å². The average Bonchev–Trinajstić information content (AvgIpc) is 2.43. The molecule has 1 rings (SSSR count). The molecule has 0 saturated carbocycles. The van der Waals surface area contributed by atoms with Gasteiger partial charge in [-0.3, -0.25) is 9.59 Å². The second-order valence-electron chi connectivity index (χ2n) is 4.66. The highest BCUT2D eigenvalue weighted by atomic mass is 16.2. The highest BCUT2D eigenvalue weighted by Crippen LogP contribution is 2.23. The molecular formula is C14H22N4O2. The standard InChI is InChI=1S/C14H22N4O2/c1-5-18(9-13(19)16-2)14(20)10-6-7-12(17(3)4)11(15)8-10/h6-8H,5,9,15H2,1-4H3,(H,16,19). The van der Waals surface area contributed by atoms with Gasteiger partial charge in [-0.1, -0.05) is 0 Å². The number of hydrogen-bond acceptors (Lipinski definition) is 4. The smallest absolute Gasteiger partial charge is 0.254 e. The summed E-state index contributed by atoms with van der Waals surface area (Å²) < 4.78 is 0. The zero-order valence-electron chi connectivity index (χ0n) is 12.4. The van der Waals surface area contributed by atoms with Gasteiger partial charge in [0.15, 0.2) is 0 Å². The van der Waals surface area contributed by atoms with Crippen LogP contribution in [0.5, 0.6) is 0 Å². The first-order valence-electron chi connectivity index (χ1n) is 6.47. The van der Waals surface area contributed by atoms with Gasteiger partial charge >= 0.3 is 0 Å². The molecule has 0 aromatic heterocycles. The van der Waals surface area contributed by atoms with Gasteiger partial charge in [0.25, 0.3) is 5.91 Å². The second kappa shape index (κ2) is 6.79. The Balaban J connectivity index is 2.95. The van der Waals surface area contributed by atoms with Crippen LogP contribution in [0.25, 0.3) is 0 Å². The Kier molecular flexibility index (Phi) is 5.37. The van der Waals surface area contributed by atoms with Gasteiger partial charge in [0.05, 0.1) is 17.9 Å². The molecule has 0 aliphatic carbocycles. The van der Waals surface area contributed by atoms with Crippen LogP contribution in [-0.2, 0) is 4.79 Å². The molecule has 0 fully saturated rings. The molecule has 0 bridgehead atoms. The van der Waals surface area contributed by atoms with Gasteiger partial charge in [-0.05, 0) is 25.1 Å². The molecular weight excluding hydrogens is 256 g/mol. The van der Waals surface area contributed by atoms with Crippen molar-refractivity contribution < 1.29 is 9.59 Å². The Labute approximate surface area is 119 Å². The molecule has 0 aliphatic heterocycles. The van der Waals surface area contributed by atoms with Crippen LogP contribution in [0.4, 0.5) is 11.4 Å². The predicted molar refractivity (Wildman–Crippen MR) is 80.8 cm³/mol. The molecule has 1 aromatic rings. The number of nitrogens with one attached hydrogen (secondary N) is 1. The maximum Gasteiger partial charge on any atom is 0.254 e. The molecule has 20 heavy (non-hydrogen) atoms. The number of likely N-dealkylation sites (N-methyl/N-ethyl adjacent to an activating group) is 2. The number of nitrogens with zero attached hydrogens (tertiary/aromatic N) is 2. The number of carbonyl (C=O) groups is 2. The summed E-state index contributed by atoms with van der Waals surface area (Å²) in [5.74, 6) is -0.397. The van der Waals surface area contributed by atoms with Crippen molar-refractivity contribution in [3.63, 3.8) is 0 Å². The minimum Gasteiger partial charge on any atom is -0.397 e. The van der Waals surface area contributed by atoms with E-state index >= 15 is 0 Å². The van der Waals surface area contributed by atoms with Gasteiger partial charge in [-0.2, -0.15) is 0 Å². The van der Waals surface area contributed by atoms with Crippen LogP contribution in [0.3, 0.4) is 0 Å². The third kappa shape index (κ3) is 3.63. The molecule has 110 valence electrons. The first kappa shape index (κ1) is 15.8. The van der Waals surface area contributed by atoms with Crippen LogP contribution in [0, 0.1) is 0 Å². The average molecular weight is 278 g/mol. The number of rotatable bonds is 5. The van der Waals surface area contributed by atoms with E-state index in [1.165, 1.54) is 4.90 Å². The summed E-state index contributed by atoms with van der Waals surface area (Å²) >= 11 is 0. The highest BCUT2D eigenvalue weighted by Gasteiger charge is 2.17. The Morgan fingerprint density at radius 1 is 1.30 bits per heavy atom. The number of benzene rings is 1. The summed E-state index contributed by atoms with van der Waals surface area (Å²) in [6.45, 7) is 2.33. The summed E-state index contributed by atoms with van der Waals surface area (Å²) in [6.07, 6.45) is 0. The van der Waals surface area contributed by atoms with Gasteiger partial charge in [-0.15, -0.1) is 0 Å². The van der Waals surface area contributed by atoms with E-state index in [0.29, 0.717) is 17.8 Å². The van der Waals surface area contributed by atoms with E-state index in [4.69, 9.17) is 5.73 Å². The SMILES string of the molecule is CCN(CC(=O)NC)C(=O)c1ccc(N(C)C)c(N)c1. The number of anilines is 2. The molecule has 0 unspecified atom stereocenters. The molecule has 0 aliphatic rings. The molecule has 3 N–H and O–H groups in total. The fraction of sp³-hybridized carbons (Fsp3) is 0.429. The zero-order chi connectivity index (χ0) is 15.3. The number of amides is 2. The maximum atomic E-state index is 12.3. The van der Waals surface area contributed by atoms with Crippen molar-refractivity contribution >= 4 is 23.2 Å². The van der Waals surface area contributed by atoms with Crippen LogP contribution < -0.4 is 16.0 Å². The number of hydrogen-bond donors (Lipinski definition) is 2. The van der Waals surface area contributed by atoms with Crippen LogP contribution in [0.1, 0.15) is 17.3 Å². The number of nitrogens with two attached hydrogens (primary N) is 1. The van der Waals surface area contributed by atoms with E-state index in [-0.39, 0.29) is 18.4 Å². The van der Waals surface area contributed by atoms with Crippen LogP contribution in [0.2, 0.25) is 0 Å². The third-order valence-electron chi connectivity index (χ3n) is 3.04. The summed E-state index contributed by atoms with van der Waals surface area (Å²) in [5.41, 5.74) is 7.82. The van der Waals surface area contributed by atoms with Gasteiger partial charge < -0.3 is 20.9 Å². The van der Waals surface area contributed by atoms with E-state index in [0.717, 1.165) is 5.69 Å². The van der Waals surface area contributed by atoms with Crippen LogP contribution >= 0.6 is 0 Å². The first-order chi connectivity index (χ1) is 9.40. The van der Waals surface area contributed by atoms with Crippen molar-refractivity contribution in [3.05, 3.63) is 23.8 Å². The van der Waals surface area contributed by atoms with Crippen molar-refractivity contribution in [3.8, 4) is 0 Å². The van der Waals surface area contributed by atoms with Gasteiger partial charge in [0.1, 0.15) is 0 Å². The molecule has 0 saturated heterocycles. The minimum absolute atomic E-state index is 0.0428. The first-order valence-corrected chi connectivity index (χ1v) is 6.47. The number of nitrogen functional groups attached to an aromatic ring is 1. The Morgan fingerprint density at radius 2 is 1.95 bits per heavy atom. The lowest BCUT2D eigenvalue weighted by molar-refractivity contribution is -0.121. The zero-order valence-corrected chi connectivity index (χ0v) is 12.4. The van der Waals surface area contributed by atoms with Crippen molar-refractivity contribution in [2.24, 2.45) is 0 Å². The monoisotopic (exact) mass is 278 g/mol. The topological polar surface area (TPSA) is 78.7 Å². The normalized spacial score (nSPS) is 10.0. The predicted octanol–water partition coefficient (Wildman–Crippen LogP) is 0.543. The molecule has 6 heteroatoms. The van der Waals surface area contributed by atoms with E-state index in [9.17, 15) is 9.59 Å². The molecule has 0 heterocycles. The van der Waals surface area contributed by atoms with E-state index < -0.39 is 0 Å². The second-order valence-corrected chi connectivity index (χ2v) is 4.66. The Bertz CT molecular complexity index is 500. The van der Waals surface area contributed by atoms with Gasteiger partial charge in [-0.25, -0.2) is 0 Å². The van der Waals surface area contributed by atoms with E-state index in [1.807, 2.05) is 25.9 Å². The lowest BCUT2D eigenvalue weighted by atomic mass is 10.1. The van der Waals surface area contributed by atoms with Crippen molar-refractivity contribution in [1.82, 2.24) is 10.2 Å². The maximum absolute atomic E-state index is 12.3. The molecule has 0 radical (unpaired) electrons. The lowest BCUT2D eigenvalue weighted by Crippen LogP contribution is -2.39. The largest absolute Gasteiger partial charge is 0.397 e. The minimum atomic E-state index is -0.201. The number of carbonyl (C=O) groups excluding carboxylic acids is 2. The lowest BCUT2D eigenvalue weighted by Gasteiger charge is -2.21. The molecule has 0 atom stereocenters. The van der Waals surface area contributed by atoms with Gasteiger partial charge in [0, 0.05) is 33.3 Å². The third-order valence-corrected chi connectivity index (χ3v) is 3.04. The van der Waals surface area contributed by atoms with Crippen LogP contribution in [-0.4, -0.2) is 50.9 Å². The summed E-state index contributed by atoms with van der Waals surface area (Å²) in [4.78, 5) is 27.1. The Morgan fingerprint density at radius 3 is 2.40 bits per heavy atom. The van der Waals surface area contributed by atoms with Gasteiger partial charge in [0.2, 0.25) is 5.91 Å². The van der Waals surface area contributed by atoms with E-state index in [2.05, 4.69) is 5.32 Å². The van der Waals surface area contributed by atoms with E-state index in [1.54, 1.807) is 25.2 Å². The summed E-state index contributed by atoms with van der Waals surface area (Å²) in [7, 11) is 5.32. The highest BCUT2D eigenvalue weighted by molar-refractivity contribution is 5.98. The van der Waals surface area contributed by atoms with Crippen molar-refractivity contribution in [1.29, 1.82) is 0 Å². The Hall–Kier alpha value is -2.24. The molecule has 6 nitrogen and oxygen atoms in total. The summed E-state index contributed by atoms with van der Waals surface area (Å²) in [6, 6.07) is 5.17. The molecule has 2 amide bonds. The van der Waals surface area contributed by atoms with Crippen molar-refractivity contribution in [2.45, 2.75) is 6.92 Å². The molecule has 1 aromatic carbocycles. The van der Waals surface area contributed by atoms with Crippen LogP contribution in [0.15, 0.2) is 18.2 Å². The fourth-order valence-corrected chi connectivity index (χ4v) is 1.86. The molecule has 0 spiro atoms. The fourth-order valence-electron chi connectivity index (χ4n) is 1.86. The quantitative estimate of drug-likeness (QED) is 0.771.